The van der Waals surface area contributed by atoms with Gasteiger partial charge in [0.2, 0.25) is 5.91 Å². The summed E-state index contributed by atoms with van der Waals surface area (Å²) in [5, 5.41) is 7.60. The van der Waals surface area contributed by atoms with E-state index in [2.05, 4.69) is 10.4 Å². The molecule has 3 rings (SSSR count). The van der Waals surface area contributed by atoms with Gasteiger partial charge in [-0.3, -0.25) is 9.59 Å². The number of carbonyl (C=O) groups excluding carboxylic acids is 1. The minimum absolute atomic E-state index is 0.197. The van der Waals surface area contributed by atoms with E-state index in [4.69, 9.17) is 16.3 Å². The van der Waals surface area contributed by atoms with Crippen LogP contribution in [-0.2, 0) is 11.3 Å². The Kier molecular flexibility index (Phi) is 5.34. The third kappa shape index (κ3) is 4.29. The second-order valence-corrected chi connectivity index (χ2v) is 5.94. The summed E-state index contributed by atoms with van der Waals surface area (Å²) in [7, 11) is 1.55. The lowest BCUT2D eigenvalue weighted by Crippen LogP contribution is -2.29. The van der Waals surface area contributed by atoms with Crippen molar-refractivity contribution in [1.29, 1.82) is 0 Å². The summed E-state index contributed by atoms with van der Waals surface area (Å²) in [6.07, 6.45) is 0. The van der Waals surface area contributed by atoms with Crippen molar-refractivity contribution in [1.82, 2.24) is 9.78 Å². The number of ether oxygens (including phenoxy) is 1. The highest BCUT2D eigenvalue weighted by molar-refractivity contribution is 6.30. The standard InChI is InChI=1S/C19H16ClN3O3/c1-26-16-4-2-3-15(11-16)21-18(24)12-23-19(25)10-9-17(22-23)13-5-7-14(20)8-6-13/h2-11H,12H2,1H3,(H,21,24). The minimum atomic E-state index is -0.360. The summed E-state index contributed by atoms with van der Waals surface area (Å²) in [5.41, 5.74) is 1.60. The number of halogens is 1. The second kappa shape index (κ2) is 7.84. The van der Waals surface area contributed by atoms with Crippen molar-refractivity contribution in [2.75, 3.05) is 12.4 Å². The van der Waals surface area contributed by atoms with Gasteiger partial charge in [-0.15, -0.1) is 0 Å². The molecule has 0 aliphatic rings. The molecule has 1 heterocycles. The summed E-state index contributed by atoms with van der Waals surface area (Å²) in [6.45, 7) is -0.197. The van der Waals surface area contributed by atoms with E-state index >= 15 is 0 Å². The number of nitrogens with zero attached hydrogens (tertiary/aromatic N) is 2. The summed E-state index contributed by atoms with van der Waals surface area (Å²) >= 11 is 5.89. The van der Waals surface area contributed by atoms with Crippen LogP contribution in [0, 0.1) is 0 Å². The van der Waals surface area contributed by atoms with Gasteiger partial charge >= 0.3 is 0 Å². The van der Waals surface area contributed by atoms with Crippen molar-refractivity contribution in [3.05, 3.63) is 76.0 Å². The SMILES string of the molecule is COc1cccc(NC(=O)Cn2nc(-c3ccc(Cl)cc3)ccc2=O)c1. The fraction of sp³-hybridized carbons (Fsp3) is 0.105. The smallest absolute Gasteiger partial charge is 0.267 e. The maximum Gasteiger partial charge on any atom is 0.267 e. The molecule has 0 bridgehead atoms. The van der Waals surface area contributed by atoms with Crippen LogP contribution in [0.2, 0.25) is 5.02 Å². The quantitative estimate of drug-likeness (QED) is 0.749. The normalized spacial score (nSPS) is 10.4. The van der Waals surface area contributed by atoms with E-state index in [1.54, 1.807) is 61.7 Å². The number of rotatable bonds is 5. The van der Waals surface area contributed by atoms with Crippen LogP contribution in [0.5, 0.6) is 5.75 Å². The second-order valence-electron chi connectivity index (χ2n) is 5.50. The zero-order valence-electron chi connectivity index (χ0n) is 14.0. The third-order valence-electron chi connectivity index (χ3n) is 3.65. The number of nitrogens with one attached hydrogen (secondary N) is 1. The monoisotopic (exact) mass is 369 g/mol. The zero-order chi connectivity index (χ0) is 18.5. The van der Waals surface area contributed by atoms with E-state index in [1.165, 1.54) is 6.07 Å². The summed E-state index contributed by atoms with van der Waals surface area (Å²) < 4.78 is 6.24. The molecule has 26 heavy (non-hydrogen) atoms. The Balaban J connectivity index is 1.78. The molecule has 0 fully saturated rings. The van der Waals surface area contributed by atoms with Crippen LogP contribution in [0.1, 0.15) is 0 Å². The minimum Gasteiger partial charge on any atom is -0.497 e. The molecule has 1 amide bonds. The van der Waals surface area contributed by atoms with Gasteiger partial charge in [0.15, 0.2) is 0 Å². The van der Waals surface area contributed by atoms with Crippen LogP contribution in [0.15, 0.2) is 65.5 Å². The molecular weight excluding hydrogens is 354 g/mol. The number of carbonyl (C=O) groups is 1. The Bertz CT molecular complexity index is 984. The number of hydrogen-bond donors (Lipinski definition) is 1. The van der Waals surface area contributed by atoms with Gasteiger partial charge in [-0.05, 0) is 30.3 Å². The van der Waals surface area contributed by atoms with Crippen LogP contribution in [0.3, 0.4) is 0 Å². The van der Waals surface area contributed by atoms with Crippen LogP contribution in [0.4, 0.5) is 5.69 Å². The highest BCUT2D eigenvalue weighted by Gasteiger charge is 2.09. The van der Waals surface area contributed by atoms with E-state index in [0.717, 1.165) is 10.2 Å². The molecule has 2 aromatic carbocycles. The zero-order valence-corrected chi connectivity index (χ0v) is 14.7. The van der Waals surface area contributed by atoms with Crippen LogP contribution in [-0.4, -0.2) is 22.8 Å². The first kappa shape index (κ1) is 17.7. The first-order valence-corrected chi connectivity index (χ1v) is 8.21. The average Bonchev–Trinajstić information content (AvgIpc) is 2.64. The Labute approximate surface area is 155 Å². The molecule has 6 nitrogen and oxygen atoms in total. The summed E-state index contributed by atoms with van der Waals surface area (Å²) in [5.74, 6) is 0.268. The van der Waals surface area contributed by atoms with Crippen molar-refractivity contribution in [2.45, 2.75) is 6.54 Å². The fourth-order valence-corrected chi connectivity index (χ4v) is 2.50. The maximum atomic E-state index is 12.3. The van der Waals surface area contributed by atoms with Crippen LogP contribution in [0.25, 0.3) is 11.3 Å². The molecule has 0 aliphatic heterocycles. The maximum absolute atomic E-state index is 12.3. The lowest BCUT2D eigenvalue weighted by Gasteiger charge is -2.09. The molecule has 1 aromatic heterocycles. The lowest BCUT2D eigenvalue weighted by molar-refractivity contribution is -0.117. The number of amides is 1. The van der Waals surface area contributed by atoms with Crippen LogP contribution >= 0.6 is 11.6 Å². The van der Waals surface area contributed by atoms with Gasteiger partial charge in [-0.1, -0.05) is 29.8 Å². The van der Waals surface area contributed by atoms with Crippen molar-refractivity contribution in [2.24, 2.45) is 0 Å². The fourth-order valence-electron chi connectivity index (χ4n) is 2.37. The number of aromatic nitrogens is 2. The molecule has 0 aliphatic carbocycles. The molecule has 3 aromatic rings. The number of anilines is 1. The molecule has 1 N–H and O–H groups in total. The average molecular weight is 370 g/mol. The van der Waals surface area contributed by atoms with Gasteiger partial charge in [0.1, 0.15) is 12.3 Å². The summed E-state index contributed by atoms with van der Waals surface area (Å²) in [4.78, 5) is 24.3. The lowest BCUT2D eigenvalue weighted by atomic mass is 10.1. The van der Waals surface area contributed by atoms with Crippen molar-refractivity contribution in [3.63, 3.8) is 0 Å². The van der Waals surface area contributed by atoms with E-state index in [0.29, 0.717) is 22.2 Å². The molecule has 0 saturated carbocycles. The Morgan fingerprint density at radius 3 is 2.65 bits per heavy atom. The molecule has 0 spiro atoms. The topological polar surface area (TPSA) is 73.2 Å². The number of hydrogen-bond acceptors (Lipinski definition) is 4. The third-order valence-corrected chi connectivity index (χ3v) is 3.91. The molecule has 0 radical (unpaired) electrons. The first-order chi connectivity index (χ1) is 12.5. The van der Waals surface area contributed by atoms with Gasteiger partial charge in [0.25, 0.3) is 5.56 Å². The first-order valence-electron chi connectivity index (χ1n) is 7.83. The van der Waals surface area contributed by atoms with Gasteiger partial charge in [-0.2, -0.15) is 5.10 Å². The van der Waals surface area contributed by atoms with Gasteiger partial charge in [0, 0.05) is 28.4 Å². The number of benzene rings is 2. The van der Waals surface area contributed by atoms with Crippen molar-refractivity contribution < 1.29 is 9.53 Å². The van der Waals surface area contributed by atoms with Crippen LogP contribution < -0.4 is 15.6 Å². The highest BCUT2D eigenvalue weighted by Crippen LogP contribution is 2.19. The van der Waals surface area contributed by atoms with Crippen molar-refractivity contribution >= 4 is 23.2 Å². The van der Waals surface area contributed by atoms with E-state index in [9.17, 15) is 9.59 Å². The highest BCUT2D eigenvalue weighted by atomic mass is 35.5. The van der Waals surface area contributed by atoms with Gasteiger partial charge in [0.05, 0.1) is 12.8 Å². The molecule has 132 valence electrons. The van der Waals surface area contributed by atoms with Crippen molar-refractivity contribution in [3.8, 4) is 17.0 Å². The number of methoxy groups -OCH3 is 1. The Hall–Kier alpha value is -3.12. The Morgan fingerprint density at radius 1 is 1.15 bits per heavy atom. The largest absolute Gasteiger partial charge is 0.497 e. The predicted molar refractivity (Wildman–Crippen MR) is 101 cm³/mol. The van der Waals surface area contributed by atoms with Gasteiger partial charge in [-0.25, -0.2) is 4.68 Å². The predicted octanol–water partition coefficient (Wildman–Crippen LogP) is 3.21. The molecule has 0 unspecified atom stereocenters. The van der Waals surface area contributed by atoms with E-state index in [-0.39, 0.29) is 18.0 Å². The molecule has 7 heteroatoms. The molecule has 0 atom stereocenters. The van der Waals surface area contributed by atoms with E-state index in [1.807, 2.05) is 0 Å². The Morgan fingerprint density at radius 2 is 1.92 bits per heavy atom. The molecular formula is C19H16ClN3O3. The molecule has 0 saturated heterocycles. The van der Waals surface area contributed by atoms with Gasteiger partial charge < -0.3 is 10.1 Å². The summed E-state index contributed by atoms with van der Waals surface area (Å²) in [6, 6.07) is 17.0. The van der Waals surface area contributed by atoms with E-state index < -0.39 is 0 Å².